The first-order valence-electron chi connectivity index (χ1n) is 8.22. The Hall–Kier alpha value is -1.51. The van der Waals surface area contributed by atoms with Gasteiger partial charge in [-0.3, -0.25) is 4.79 Å². The van der Waals surface area contributed by atoms with Crippen molar-refractivity contribution in [2.45, 2.75) is 58.4 Å². The summed E-state index contributed by atoms with van der Waals surface area (Å²) in [5.41, 5.74) is 0.677. The Balaban J connectivity index is 1.86. The molecule has 0 saturated heterocycles. The van der Waals surface area contributed by atoms with E-state index in [-0.39, 0.29) is 11.9 Å². The lowest BCUT2D eigenvalue weighted by molar-refractivity contribution is 0.0932. The van der Waals surface area contributed by atoms with E-state index in [1.165, 1.54) is 32.1 Å². The van der Waals surface area contributed by atoms with Crippen LogP contribution < -0.4 is 10.1 Å². The largest absolute Gasteiger partial charge is 0.494 e. The first-order valence-corrected chi connectivity index (χ1v) is 8.22. The van der Waals surface area contributed by atoms with E-state index < -0.39 is 0 Å². The minimum Gasteiger partial charge on any atom is -0.494 e. The monoisotopic (exact) mass is 289 g/mol. The molecule has 1 saturated carbocycles. The maximum atomic E-state index is 12.3. The molecular weight excluding hydrogens is 262 g/mol. The predicted octanol–water partition coefficient (Wildman–Crippen LogP) is 4.17. The molecule has 21 heavy (non-hydrogen) atoms. The number of hydrogen-bond donors (Lipinski definition) is 1. The maximum absolute atomic E-state index is 12.3. The van der Waals surface area contributed by atoms with Gasteiger partial charge in [-0.25, -0.2) is 0 Å². The first kappa shape index (κ1) is 15.9. The highest BCUT2D eigenvalue weighted by atomic mass is 16.5. The molecule has 3 heteroatoms. The van der Waals surface area contributed by atoms with Gasteiger partial charge in [0, 0.05) is 11.6 Å². The molecule has 1 atom stereocenters. The summed E-state index contributed by atoms with van der Waals surface area (Å²) in [6, 6.07) is 7.63. The van der Waals surface area contributed by atoms with Gasteiger partial charge in [0.25, 0.3) is 5.91 Å². The van der Waals surface area contributed by atoms with Crippen molar-refractivity contribution in [1.29, 1.82) is 0 Å². The van der Waals surface area contributed by atoms with Crippen molar-refractivity contribution in [1.82, 2.24) is 5.32 Å². The van der Waals surface area contributed by atoms with E-state index in [0.717, 1.165) is 18.1 Å². The highest BCUT2D eigenvalue weighted by molar-refractivity contribution is 5.94. The van der Waals surface area contributed by atoms with Gasteiger partial charge in [0.1, 0.15) is 5.75 Å². The predicted molar refractivity (Wildman–Crippen MR) is 85.7 cm³/mol. The average molecular weight is 289 g/mol. The van der Waals surface area contributed by atoms with Crippen LogP contribution in [0.1, 0.15) is 62.7 Å². The van der Waals surface area contributed by atoms with Crippen LogP contribution in [0.5, 0.6) is 5.75 Å². The zero-order valence-electron chi connectivity index (χ0n) is 13.2. The molecule has 1 N–H and O–H groups in total. The SMILES string of the molecule is CCOc1cccc(C(=O)N[C@@H](C)CC2CCCCC2)c1. The molecule has 0 radical (unpaired) electrons. The van der Waals surface area contributed by atoms with Crippen molar-refractivity contribution >= 4 is 5.91 Å². The molecule has 1 aliphatic carbocycles. The molecule has 0 spiro atoms. The standard InChI is InChI=1S/C18H27NO2/c1-3-21-17-11-7-10-16(13-17)18(20)19-14(2)12-15-8-5-4-6-9-15/h7,10-11,13-15H,3-6,8-9,12H2,1-2H3,(H,19,20)/t14-/m0/s1. The van der Waals surface area contributed by atoms with Crippen LogP contribution in [-0.4, -0.2) is 18.6 Å². The number of amides is 1. The number of rotatable bonds is 6. The van der Waals surface area contributed by atoms with E-state index in [2.05, 4.69) is 12.2 Å². The van der Waals surface area contributed by atoms with Gasteiger partial charge in [-0.05, 0) is 44.4 Å². The second kappa shape index (κ2) is 8.06. The minimum atomic E-state index is -0.000127. The fraction of sp³-hybridized carbons (Fsp3) is 0.611. The number of nitrogens with one attached hydrogen (secondary N) is 1. The molecule has 1 amide bonds. The summed E-state index contributed by atoms with van der Waals surface area (Å²) in [4.78, 5) is 12.3. The summed E-state index contributed by atoms with van der Waals surface area (Å²) in [7, 11) is 0. The molecule has 1 aromatic carbocycles. The molecule has 0 bridgehead atoms. The fourth-order valence-corrected chi connectivity index (χ4v) is 3.18. The summed E-state index contributed by atoms with van der Waals surface area (Å²) >= 11 is 0. The van der Waals surface area contributed by atoms with Crippen molar-refractivity contribution in [3.63, 3.8) is 0 Å². The Kier molecular flexibility index (Phi) is 6.09. The topological polar surface area (TPSA) is 38.3 Å². The Morgan fingerprint density at radius 3 is 2.81 bits per heavy atom. The maximum Gasteiger partial charge on any atom is 0.251 e. The van der Waals surface area contributed by atoms with Crippen LogP contribution in [0, 0.1) is 5.92 Å². The molecular formula is C18H27NO2. The Morgan fingerprint density at radius 1 is 1.33 bits per heavy atom. The number of benzene rings is 1. The number of hydrogen-bond acceptors (Lipinski definition) is 2. The van der Waals surface area contributed by atoms with Crippen molar-refractivity contribution in [2.24, 2.45) is 5.92 Å². The van der Waals surface area contributed by atoms with Crippen LogP contribution in [0.2, 0.25) is 0 Å². The molecule has 2 rings (SSSR count). The second-order valence-corrected chi connectivity index (χ2v) is 6.08. The molecule has 0 aromatic heterocycles. The van der Waals surface area contributed by atoms with E-state index in [1.54, 1.807) is 0 Å². The molecule has 1 fully saturated rings. The Morgan fingerprint density at radius 2 is 2.10 bits per heavy atom. The zero-order valence-corrected chi connectivity index (χ0v) is 13.2. The van der Waals surface area contributed by atoms with E-state index in [1.807, 2.05) is 31.2 Å². The van der Waals surface area contributed by atoms with Crippen LogP contribution in [0.3, 0.4) is 0 Å². The molecule has 0 unspecified atom stereocenters. The van der Waals surface area contributed by atoms with Crippen molar-refractivity contribution in [3.8, 4) is 5.75 Å². The summed E-state index contributed by atoms with van der Waals surface area (Å²) in [5, 5.41) is 3.12. The zero-order chi connectivity index (χ0) is 15.1. The van der Waals surface area contributed by atoms with Crippen LogP contribution in [-0.2, 0) is 0 Å². The highest BCUT2D eigenvalue weighted by Crippen LogP contribution is 2.27. The lowest BCUT2D eigenvalue weighted by atomic mass is 9.85. The number of carbonyl (C=O) groups is 1. The summed E-state index contributed by atoms with van der Waals surface area (Å²) in [6.45, 7) is 4.67. The third-order valence-electron chi connectivity index (χ3n) is 4.20. The molecule has 116 valence electrons. The van der Waals surface area contributed by atoms with E-state index >= 15 is 0 Å². The quantitative estimate of drug-likeness (QED) is 0.853. The first-order chi connectivity index (χ1) is 10.2. The Bertz CT molecular complexity index is 452. The third-order valence-corrected chi connectivity index (χ3v) is 4.20. The van der Waals surface area contributed by atoms with Gasteiger partial charge in [0.05, 0.1) is 6.61 Å². The molecule has 0 aliphatic heterocycles. The normalized spacial score (nSPS) is 17.2. The minimum absolute atomic E-state index is 0.000127. The van der Waals surface area contributed by atoms with Crippen LogP contribution in [0.4, 0.5) is 0 Å². The smallest absolute Gasteiger partial charge is 0.251 e. The van der Waals surface area contributed by atoms with E-state index in [9.17, 15) is 4.79 Å². The third kappa shape index (κ3) is 5.07. The number of ether oxygens (including phenoxy) is 1. The van der Waals surface area contributed by atoms with E-state index in [0.29, 0.717) is 12.2 Å². The van der Waals surface area contributed by atoms with Gasteiger partial charge in [0.15, 0.2) is 0 Å². The molecule has 0 heterocycles. The second-order valence-electron chi connectivity index (χ2n) is 6.08. The van der Waals surface area contributed by atoms with Crippen molar-refractivity contribution < 1.29 is 9.53 Å². The lowest BCUT2D eigenvalue weighted by Gasteiger charge is -2.25. The average Bonchev–Trinajstić information content (AvgIpc) is 2.48. The van der Waals surface area contributed by atoms with Gasteiger partial charge in [-0.15, -0.1) is 0 Å². The fourth-order valence-electron chi connectivity index (χ4n) is 3.18. The van der Waals surface area contributed by atoms with Crippen molar-refractivity contribution in [3.05, 3.63) is 29.8 Å². The van der Waals surface area contributed by atoms with Crippen LogP contribution in [0.15, 0.2) is 24.3 Å². The van der Waals surface area contributed by atoms with E-state index in [4.69, 9.17) is 4.74 Å². The lowest BCUT2D eigenvalue weighted by Crippen LogP contribution is -2.34. The van der Waals surface area contributed by atoms with Gasteiger partial charge in [0.2, 0.25) is 0 Å². The van der Waals surface area contributed by atoms with Gasteiger partial charge in [-0.2, -0.15) is 0 Å². The van der Waals surface area contributed by atoms with Gasteiger partial charge in [-0.1, -0.05) is 38.2 Å². The van der Waals surface area contributed by atoms with Crippen molar-refractivity contribution in [2.75, 3.05) is 6.61 Å². The number of carbonyl (C=O) groups excluding carboxylic acids is 1. The van der Waals surface area contributed by atoms with Gasteiger partial charge >= 0.3 is 0 Å². The van der Waals surface area contributed by atoms with Crippen LogP contribution in [0.25, 0.3) is 0 Å². The molecule has 1 aliphatic rings. The summed E-state index contributed by atoms with van der Waals surface area (Å²) in [6.07, 6.45) is 7.81. The van der Waals surface area contributed by atoms with Crippen LogP contribution >= 0.6 is 0 Å². The highest BCUT2D eigenvalue weighted by Gasteiger charge is 2.18. The summed E-state index contributed by atoms with van der Waals surface area (Å²) < 4.78 is 5.44. The molecule has 3 nitrogen and oxygen atoms in total. The molecule has 1 aromatic rings. The Labute approximate surface area is 128 Å². The summed E-state index contributed by atoms with van der Waals surface area (Å²) in [5.74, 6) is 1.54. The van der Waals surface area contributed by atoms with Gasteiger partial charge < -0.3 is 10.1 Å².